The lowest BCUT2D eigenvalue weighted by Gasteiger charge is -2.40. The predicted octanol–water partition coefficient (Wildman–Crippen LogP) is 2.60. The van der Waals surface area contributed by atoms with Crippen molar-refractivity contribution >= 4 is 26.0 Å². The van der Waals surface area contributed by atoms with Crippen LogP contribution in [0.4, 0.5) is 0 Å². The molecule has 0 unspecified atom stereocenters. The highest BCUT2D eigenvalue weighted by Gasteiger charge is 2.38. The summed E-state index contributed by atoms with van der Waals surface area (Å²) in [5.74, 6) is 0. The fourth-order valence-corrected chi connectivity index (χ4v) is 4.46. The van der Waals surface area contributed by atoms with Gasteiger partial charge >= 0.3 is 0 Å². The van der Waals surface area contributed by atoms with Crippen molar-refractivity contribution in [3.8, 4) is 0 Å². The van der Waals surface area contributed by atoms with Crippen LogP contribution in [0.5, 0.6) is 0 Å². The summed E-state index contributed by atoms with van der Waals surface area (Å²) >= 11 is 3.30. The molecule has 0 aromatic heterocycles. The van der Waals surface area contributed by atoms with E-state index in [0.717, 1.165) is 24.8 Å². The molecule has 0 bridgehead atoms. The lowest BCUT2D eigenvalue weighted by atomic mass is 9.80. The summed E-state index contributed by atoms with van der Waals surface area (Å²) in [6.07, 6.45) is 2.89. The van der Waals surface area contributed by atoms with Gasteiger partial charge in [-0.3, -0.25) is 0 Å². The molecule has 1 aliphatic rings. The van der Waals surface area contributed by atoms with E-state index < -0.39 is 10.0 Å². The van der Waals surface area contributed by atoms with Gasteiger partial charge < -0.3 is 4.74 Å². The van der Waals surface area contributed by atoms with Crippen LogP contribution in [0, 0.1) is 6.92 Å². The molecule has 0 aliphatic heterocycles. The van der Waals surface area contributed by atoms with Gasteiger partial charge in [-0.05, 0) is 59.8 Å². The third kappa shape index (κ3) is 3.18. The summed E-state index contributed by atoms with van der Waals surface area (Å²) in [5.41, 5.74) is 0.697. The average Bonchev–Trinajstić information content (AvgIpc) is 2.27. The van der Waals surface area contributed by atoms with Crippen molar-refractivity contribution in [2.24, 2.45) is 0 Å². The van der Waals surface area contributed by atoms with Gasteiger partial charge in [-0.15, -0.1) is 0 Å². The van der Waals surface area contributed by atoms with Crippen molar-refractivity contribution in [1.82, 2.24) is 4.72 Å². The van der Waals surface area contributed by atoms with E-state index in [2.05, 4.69) is 20.7 Å². The summed E-state index contributed by atoms with van der Waals surface area (Å²) in [6.45, 7) is 2.25. The van der Waals surface area contributed by atoms with E-state index in [9.17, 15) is 8.42 Å². The molecule has 1 N–H and O–H groups in total. The smallest absolute Gasteiger partial charge is 0.241 e. The lowest BCUT2D eigenvalue weighted by Crippen LogP contribution is -2.49. The Morgan fingerprint density at radius 1 is 1.42 bits per heavy atom. The van der Waals surface area contributed by atoms with Crippen LogP contribution >= 0.6 is 15.9 Å². The van der Waals surface area contributed by atoms with Crippen LogP contribution in [-0.2, 0) is 14.8 Å². The van der Waals surface area contributed by atoms with Gasteiger partial charge in [0.05, 0.1) is 10.5 Å². The second kappa shape index (κ2) is 5.52. The van der Waals surface area contributed by atoms with Crippen LogP contribution in [0.3, 0.4) is 0 Å². The maximum atomic E-state index is 12.3. The summed E-state index contributed by atoms with van der Waals surface area (Å²) in [4.78, 5) is 0.267. The van der Waals surface area contributed by atoms with Crippen LogP contribution in [-0.4, -0.2) is 27.7 Å². The minimum atomic E-state index is -3.50. The summed E-state index contributed by atoms with van der Waals surface area (Å²) < 4.78 is 33.2. The third-order valence-electron chi connectivity index (χ3n) is 3.66. The van der Waals surface area contributed by atoms with E-state index in [1.54, 1.807) is 25.3 Å². The van der Waals surface area contributed by atoms with E-state index in [1.165, 1.54) is 0 Å². The molecule has 6 heteroatoms. The highest BCUT2D eigenvalue weighted by molar-refractivity contribution is 9.10. The molecule has 1 saturated carbocycles. The van der Waals surface area contributed by atoms with E-state index in [0.29, 0.717) is 11.0 Å². The minimum Gasteiger partial charge on any atom is -0.377 e. The van der Waals surface area contributed by atoms with Gasteiger partial charge in [0.1, 0.15) is 0 Å². The van der Waals surface area contributed by atoms with Crippen LogP contribution in [0.2, 0.25) is 0 Å². The Hall–Kier alpha value is -0.430. The molecule has 1 fully saturated rings. The van der Waals surface area contributed by atoms with Crippen LogP contribution in [0.1, 0.15) is 24.8 Å². The molecule has 1 aromatic rings. The molecule has 0 saturated heterocycles. The second-order valence-electron chi connectivity index (χ2n) is 5.00. The van der Waals surface area contributed by atoms with Crippen molar-refractivity contribution < 1.29 is 13.2 Å². The molecular weight excluding hydrogens is 330 g/mol. The largest absolute Gasteiger partial charge is 0.377 e. The molecule has 0 spiro atoms. The van der Waals surface area contributed by atoms with Gasteiger partial charge in [0.15, 0.2) is 0 Å². The number of hydrogen-bond acceptors (Lipinski definition) is 3. The summed E-state index contributed by atoms with van der Waals surface area (Å²) in [7, 11) is -1.87. The van der Waals surface area contributed by atoms with E-state index in [4.69, 9.17) is 4.74 Å². The van der Waals surface area contributed by atoms with Gasteiger partial charge in [-0.1, -0.05) is 6.07 Å². The SMILES string of the molecule is COC1(CNS(=O)(=O)c2ccc(C)cc2Br)CCC1. The molecule has 0 amide bonds. The summed E-state index contributed by atoms with van der Waals surface area (Å²) in [6, 6.07) is 5.20. The monoisotopic (exact) mass is 347 g/mol. The fourth-order valence-electron chi connectivity index (χ4n) is 2.15. The molecule has 1 aromatic carbocycles. The number of ether oxygens (including phenoxy) is 1. The number of aryl methyl sites for hydroxylation is 1. The Bertz CT molecular complexity index is 562. The number of rotatable bonds is 5. The Labute approximate surface area is 122 Å². The quantitative estimate of drug-likeness (QED) is 0.890. The molecule has 0 heterocycles. The molecule has 2 rings (SSSR count). The Morgan fingerprint density at radius 2 is 2.11 bits per heavy atom. The van der Waals surface area contributed by atoms with Crippen molar-refractivity contribution in [2.75, 3.05) is 13.7 Å². The summed E-state index contributed by atoms with van der Waals surface area (Å²) in [5, 5.41) is 0. The van der Waals surface area contributed by atoms with Gasteiger partial charge in [-0.25, -0.2) is 13.1 Å². The van der Waals surface area contributed by atoms with Crippen molar-refractivity contribution in [2.45, 2.75) is 36.7 Å². The number of benzene rings is 1. The predicted molar refractivity (Wildman–Crippen MR) is 77.7 cm³/mol. The van der Waals surface area contributed by atoms with E-state index >= 15 is 0 Å². The maximum Gasteiger partial charge on any atom is 0.241 e. The normalized spacial score (nSPS) is 18.1. The van der Waals surface area contributed by atoms with Crippen LogP contribution < -0.4 is 4.72 Å². The standard InChI is InChI=1S/C13H18BrNO3S/c1-10-4-5-12(11(14)8-10)19(16,17)15-9-13(18-2)6-3-7-13/h4-5,8,15H,3,6-7,9H2,1-2H3. The second-order valence-corrected chi connectivity index (χ2v) is 7.59. The zero-order chi connectivity index (χ0) is 14.1. The molecule has 19 heavy (non-hydrogen) atoms. The Morgan fingerprint density at radius 3 is 2.58 bits per heavy atom. The first-order chi connectivity index (χ1) is 8.88. The Balaban J connectivity index is 2.14. The van der Waals surface area contributed by atoms with E-state index in [1.807, 2.05) is 6.92 Å². The Kier molecular flexibility index (Phi) is 4.35. The minimum absolute atomic E-state index is 0.267. The molecule has 0 radical (unpaired) electrons. The van der Waals surface area contributed by atoms with Crippen molar-refractivity contribution in [3.63, 3.8) is 0 Å². The topological polar surface area (TPSA) is 55.4 Å². The van der Waals surface area contributed by atoms with Gasteiger partial charge in [0, 0.05) is 18.1 Å². The molecule has 0 atom stereocenters. The number of methoxy groups -OCH3 is 1. The van der Waals surface area contributed by atoms with Crippen molar-refractivity contribution in [1.29, 1.82) is 0 Å². The first-order valence-corrected chi connectivity index (χ1v) is 8.47. The molecular formula is C13H18BrNO3S. The zero-order valence-electron chi connectivity index (χ0n) is 11.1. The average molecular weight is 348 g/mol. The van der Waals surface area contributed by atoms with E-state index in [-0.39, 0.29) is 10.5 Å². The van der Waals surface area contributed by atoms with Gasteiger partial charge in [-0.2, -0.15) is 0 Å². The molecule has 1 aliphatic carbocycles. The zero-order valence-corrected chi connectivity index (χ0v) is 13.5. The van der Waals surface area contributed by atoms with Crippen LogP contribution in [0.25, 0.3) is 0 Å². The van der Waals surface area contributed by atoms with Gasteiger partial charge in [0.25, 0.3) is 0 Å². The fraction of sp³-hybridized carbons (Fsp3) is 0.538. The molecule has 4 nitrogen and oxygen atoms in total. The highest BCUT2D eigenvalue weighted by atomic mass is 79.9. The molecule has 106 valence electrons. The number of sulfonamides is 1. The van der Waals surface area contributed by atoms with Crippen molar-refractivity contribution in [3.05, 3.63) is 28.2 Å². The number of halogens is 1. The first-order valence-electron chi connectivity index (χ1n) is 6.20. The first kappa shape index (κ1) is 15.0. The lowest BCUT2D eigenvalue weighted by molar-refractivity contribution is -0.0659. The van der Waals surface area contributed by atoms with Gasteiger partial charge in [0.2, 0.25) is 10.0 Å². The third-order valence-corrected chi connectivity index (χ3v) is 6.04. The highest BCUT2D eigenvalue weighted by Crippen LogP contribution is 2.34. The number of nitrogens with one attached hydrogen (secondary N) is 1. The maximum absolute atomic E-state index is 12.3. The number of hydrogen-bond donors (Lipinski definition) is 1. The van der Waals surface area contributed by atoms with Crippen LogP contribution in [0.15, 0.2) is 27.6 Å².